The molecule has 0 spiro atoms. The van der Waals surface area contributed by atoms with Gasteiger partial charge in [0.1, 0.15) is 5.75 Å². The van der Waals surface area contributed by atoms with E-state index in [1.54, 1.807) is 7.11 Å². The Bertz CT molecular complexity index is 738. The van der Waals surface area contributed by atoms with Crippen LogP contribution >= 0.6 is 0 Å². The van der Waals surface area contributed by atoms with E-state index >= 15 is 0 Å². The predicted octanol–water partition coefficient (Wildman–Crippen LogP) is 3.25. The lowest BCUT2D eigenvalue weighted by molar-refractivity contribution is -0.134. The molecule has 0 aliphatic carbocycles. The fourth-order valence-corrected chi connectivity index (χ4v) is 3.58. The molecule has 1 aliphatic rings. The second-order valence-electron chi connectivity index (χ2n) is 7.56. The molecule has 0 radical (unpaired) electrons. The minimum atomic E-state index is 0.188. The summed E-state index contributed by atoms with van der Waals surface area (Å²) >= 11 is 0. The summed E-state index contributed by atoms with van der Waals surface area (Å²) < 4.78 is 5.23. The van der Waals surface area contributed by atoms with Gasteiger partial charge in [0.05, 0.1) is 13.7 Å². The van der Waals surface area contributed by atoms with Crippen LogP contribution in [0.1, 0.15) is 19.4 Å². The molecule has 2 aromatic carbocycles. The lowest BCUT2D eigenvalue weighted by Gasteiger charge is -2.37. The number of anilines is 1. The number of rotatable bonds is 7. The first-order valence-electron chi connectivity index (χ1n) is 10.0. The second kappa shape index (κ2) is 9.60. The predicted molar refractivity (Wildman–Crippen MR) is 114 cm³/mol. The van der Waals surface area contributed by atoms with Crippen molar-refractivity contribution in [3.8, 4) is 5.75 Å². The van der Waals surface area contributed by atoms with Crippen LogP contribution in [0.4, 0.5) is 5.69 Å². The highest BCUT2D eigenvalue weighted by molar-refractivity contribution is 5.78. The molecule has 2 aromatic rings. The fourth-order valence-electron chi connectivity index (χ4n) is 3.58. The van der Waals surface area contributed by atoms with Crippen molar-refractivity contribution in [2.24, 2.45) is 0 Å². The van der Waals surface area contributed by atoms with E-state index in [4.69, 9.17) is 4.74 Å². The van der Waals surface area contributed by atoms with Gasteiger partial charge in [-0.25, -0.2) is 0 Å². The van der Waals surface area contributed by atoms with Crippen LogP contribution in [0.2, 0.25) is 0 Å². The van der Waals surface area contributed by atoms with E-state index < -0.39 is 0 Å². The van der Waals surface area contributed by atoms with Crippen molar-refractivity contribution in [1.29, 1.82) is 0 Å². The average Bonchev–Trinajstić information content (AvgIpc) is 2.73. The molecule has 0 unspecified atom stereocenters. The van der Waals surface area contributed by atoms with Crippen LogP contribution < -0.4 is 9.64 Å². The number of carbonyl (C=O) groups excluding carboxylic acids is 1. The molecule has 1 heterocycles. The third-order valence-electron chi connectivity index (χ3n) is 5.31. The molecule has 5 nitrogen and oxygen atoms in total. The molecule has 150 valence electrons. The van der Waals surface area contributed by atoms with Crippen LogP contribution in [0, 0.1) is 0 Å². The smallest absolute Gasteiger partial charge is 0.237 e. The maximum absolute atomic E-state index is 12.9. The van der Waals surface area contributed by atoms with Crippen molar-refractivity contribution in [2.45, 2.75) is 26.4 Å². The van der Waals surface area contributed by atoms with Crippen molar-refractivity contribution in [2.75, 3.05) is 44.7 Å². The number of hydrogen-bond acceptors (Lipinski definition) is 4. The lowest BCUT2D eigenvalue weighted by atomic mass is 10.2. The molecule has 0 saturated carbocycles. The van der Waals surface area contributed by atoms with E-state index in [1.807, 2.05) is 35.2 Å². The lowest BCUT2D eigenvalue weighted by Crippen LogP contribution is -2.51. The number of benzene rings is 2. The molecule has 5 heteroatoms. The van der Waals surface area contributed by atoms with Crippen LogP contribution in [0.3, 0.4) is 0 Å². The largest absolute Gasteiger partial charge is 0.497 e. The Morgan fingerprint density at radius 2 is 1.64 bits per heavy atom. The van der Waals surface area contributed by atoms with E-state index in [0.717, 1.165) is 31.9 Å². The molecular formula is C23H31N3O2. The summed E-state index contributed by atoms with van der Waals surface area (Å²) in [7, 11) is 1.68. The molecule has 28 heavy (non-hydrogen) atoms. The van der Waals surface area contributed by atoms with Gasteiger partial charge < -0.3 is 14.5 Å². The molecule has 0 atom stereocenters. The van der Waals surface area contributed by atoms with Gasteiger partial charge in [-0.2, -0.15) is 0 Å². The van der Waals surface area contributed by atoms with E-state index in [-0.39, 0.29) is 11.9 Å². The Morgan fingerprint density at radius 3 is 2.21 bits per heavy atom. The summed E-state index contributed by atoms with van der Waals surface area (Å²) in [5.41, 5.74) is 2.38. The summed E-state index contributed by atoms with van der Waals surface area (Å²) in [5.74, 6) is 1.08. The Balaban J connectivity index is 1.52. The third-order valence-corrected chi connectivity index (χ3v) is 5.31. The number of methoxy groups -OCH3 is 1. The standard InChI is InChI=1S/C23H31N3O2/c1-19(2)26(17-20-7-5-4-6-8-20)23(27)18-24-13-15-25(16-14-24)21-9-11-22(28-3)12-10-21/h4-12,19H,13-18H2,1-3H3. The van der Waals surface area contributed by atoms with Gasteiger partial charge in [0, 0.05) is 44.5 Å². The first kappa shape index (κ1) is 20.2. The van der Waals surface area contributed by atoms with Crippen LogP contribution in [-0.4, -0.2) is 61.6 Å². The summed E-state index contributed by atoms with van der Waals surface area (Å²) in [5, 5.41) is 0. The fraction of sp³-hybridized carbons (Fsp3) is 0.435. The Labute approximate surface area is 168 Å². The molecule has 3 rings (SSSR count). The third kappa shape index (κ3) is 5.26. The van der Waals surface area contributed by atoms with Gasteiger partial charge in [-0.15, -0.1) is 0 Å². The number of carbonyl (C=O) groups is 1. The highest BCUT2D eigenvalue weighted by Gasteiger charge is 2.23. The van der Waals surface area contributed by atoms with E-state index in [9.17, 15) is 4.79 Å². The average molecular weight is 382 g/mol. The van der Waals surface area contributed by atoms with Crippen LogP contribution in [-0.2, 0) is 11.3 Å². The number of piperazine rings is 1. The van der Waals surface area contributed by atoms with Gasteiger partial charge in [-0.05, 0) is 43.7 Å². The maximum Gasteiger partial charge on any atom is 0.237 e. The maximum atomic E-state index is 12.9. The SMILES string of the molecule is COc1ccc(N2CCN(CC(=O)N(Cc3ccccc3)C(C)C)CC2)cc1. The van der Waals surface area contributed by atoms with E-state index in [0.29, 0.717) is 13.1 Å². The topological polar surface area (TPSA) is 36.0 Å². The number of ether oxygens (including phenoxy) is 1. The highest BCUT2D eigenvalue weighted by atomic mass is 16.5. The normalized spacial score (nSPS) is 14.9. The summed E-state index contributed by atoms with van der Waals surface area (Å²) in [4.78, 5) is 19.5. The minimum Gasteiger partial charge on any atom is -0.497 e. The van der Waals surface area contributed by atoms with Crippen LogP contribution in [0.25, 0.3) is 0 Å². The van der Waals surface area contributed by atoms with Crippen molar-refractivity contribution >= 4 is 11.6 Å². The second-order valence-corrected chi connectivity index (χ2v) is 7.56. The zero-order valence-electron chi connectivity index (χ0n) is 17.2. The van der Waals surface area contributed by atoms with Gasteiger partial charge in [0.25, 0.3) is 0 Å². The van der Waals surface area contributed by atoms with Crippen LogP contribution in [0.15, 0.2) is 54.6 Å². The van der Waals surface area contributed by atoms with E-state index in [1.165, 1.54) is 11.3 Å². The van der Waals surface area contributed by atoms with Gasteiger partial charge in [-0.1, -0.05) is 30.3 Å². The van der Waals surface area contributed by atoms with Crippen molar-refractivity contribution in [3.63, 3.8) is 0 Å². The van der Waals surface area contributed by atoms with Gasteiger partial charge in [-0.3, -0.25) is 9.69 Å². The molecule has 1 saturated heterocycles. The summed E-state index contributed by atoms with van der Waals surface area (Å²) in [6, 6.07) is 18.6. The highest BCUT2D eigenvalue weighted by Crippen LogP contribution is 2.20. The number of hydrogen-bond donors (Lipinski definition) is 0. The molecule has 0 bridgehead atoms. The van der Waals surface area contributed by atoms with Crippen LogP contribution in [0.5, 0.6) is 5.75 Å². The molecule has 1 fully saturated rings. The van der Waals surface area contributed by atoms with Gasteiger partial charge in [0.15, 0.2) is 0 Å². The zero-order valence-corrected chi connectivity index (χ0v) is 17.2. The Morgan fingerprint density at radius 1 is 1.00 bits per heavy atom. The number of nitrogens with zero attached hydrogens (tertiary/aromatic N) is 3. The molecule has 0 aromatic heterocycles. The molecular weight excluding hydrogens is 350 g/mol. The molecule has 0 N–H and O–H groups in total. The Kier molecular flexibility index (Phi) is 6.93. The van der Waals surface area contributed by atoms with Crippen molar-refractivity contribution in [3.05, 3.63) is 60.2 Å². The summed E-state index contributed by atoms with van der Waals surface area (Å²) in [6.07, 6.45) is 0. The van der Waals surface area contributed by atoms with Crippen molar-refractivity contribution < 1.29 is 9.53 Å². The van der Waals surface area contributed by atoms with Gasteiger partial charge >= 0.3 is 0 Å². The van der Waals surface area contributed by atoms with Crippen molar-refractivity contribution in [1.82, 2.24) is 9.80 Å². The first-order chi connectivity index (χ1) is 13.6. The summed E-state index contributed by atoms with van der Waals surface area (Å²) in [6.45, 7) is 8.99. The minimum absolute atomic E-state index is 0.188. The van der Waals surface area contributed by atoms with Gasteiger partial charge in [0.2, 0.25) is 5.91 Å². The quantitative estimate of drug-likeness (QED) is 0.738. The molecule has 1 aliphatic heterocycles. The molecule has 1 amide bonds. The number of amides is 1. The first-order valence-corrected chi connectivity index (χ1v) is 10.0. The Hall–Kier alpha value is -2.53. The zero-order chi connectivity index (χ0) is 19.9. The van der Waals surface area contributed by atoms with E-state index in [2.05, 4.69) is 47.9 Å². The monoisotopic (exact) mass is 381 g/mol.